The van der Waals surface area contributed by atoms with Crippen molar-refractivity contribution in [2.75, 3.05) is 5.32 Å². The van der Waals surface area contributed by atoms with Crippen LogP contribution in [0.1, 0.15) is 11.1 Å². The minimum absolute atomic E-state index is 0.410. The number of nitrogens with two attached hydrogens (primary N) is 1. The first-order valence-corrected chi connectivity index (χ1v) is 7.18. The molecule has 0 aliphatic carbocycles. The minimum Gasteiger partial charge on any atom is -0.389 e. The Morgan fingerprint density at radius 1 is 1.26 bits per heavy atom. The van der Waals surface area contributed by atoms with Crippen molar-refractivity contribution in [3.63, 3.8) is 0 Å². The number of aryl methyl sites for hydroxylation is 1. The lowest BCUT2D eigenvalue weighted by Gasteiger charge is -2.11. The third-order valence-corrected chi connectivity index (χ3v) is 3.85. The van der Waals surface area contributed by atoms with Crippen molar-refractivity contribution in [2.24, 2.45) is 5.73 Å². The van der Waals surface area contributed by atoms with Crippen molar-refractivity contribution in [3.05, 3.63) is 57.0 Å². The molecule has 0 aromatic heterocycles. The van der Waals surface area contributed by atoms with E-state index in [9.17, 15) is 0 Å². The van der Waals surface area contributed by atoms with Crippen LogP contribution in [0.4, 0.5) is 11.4 Å². The zero-order valence-electron chi connectivity index (χ0n) is 10.2. The molecule has 0 unspecified atom stereocenters. The highest BCUT2D eigenvalue weighted by Crippen LogP contribution is 2.29. The molecule has 98 valence electrons. The van der Waals surface area contributed by atoms with Gasteiger partial charge in [-0.05, 0) is 64.8 Å². The summed E-state index contributed by atoms with van der Waals surface area (Å²) in [6.07, 6.45) is 0. The predicted octanol–water partition coefficient (Wildman–Crippen LogP) is 4.79. The normalized spacial score (nSPS) is 10.3. The number of hydrogen-bond donors (Lipinski definition) is 2. The Morgan fingerprint density at radius 2 is 2.00 bits per heavy atom. The van der Waals surface area contributed by atoms with Gasteiger partial charge in [0.1, 0.15) is 4.99 Å². The van der Waals surface area contributed by atoms with E-state index < -0.39 is 0 Å². The van der Waals surface area contributed by atoms with Gasteiger partial charge < -0.3 is 11.1 Å². The summed E-state index contributed by atoms with van der Waals surface area (Å²) in [4.78, 5) is 0.410. The highest BCUT2D eigenvalue weighted by atomic mass is 79.9. The summed E-state index contributed by atoms with van der Waals surface area (Å²) in [7, 11) is 0. The maximum absolute atomic E-state index is 5.99. The van der Waals surface area contributed by atoms with Gasteiger partial charge in [0.05, 0.1) is 5.69 Å². The Balaban J connectivity index is 2.31. The molecule has 0 spiro atoms. The number of anilines is 2. The lowest BCUT2D eigenvalue weighted by Crippen LogP contribution is -2.11. The van der Waals surface area contributed by atoms with Crippen molar-refractivity contribution in [1.29, 1.82) is 0 Å². The van der Waals surface area contributed by atoms with Crippen LogP contribution in [0.5, 0.6) is 0 Å². The quantitative estimate of drug-likeness (QED) is 0.778. The molecule has 2 aromatic rings. The number of thiocarbonyl (C=S) groups is 1. The molecule has 0 heterocycles. The number of nitrogens with one attached hydrogen (secondary N) is 1. The van der Waals surface area contributed by atoms with Gasteiger partial charge in [-0.1, -0.05) is 23.8 Å². The summed E-state index contributed by atoms with van der Waals surface area (Å²) in [5, 5.41) is 3.99. The van der Waals surface area contributed by atoms with E-state index in [-0.39, 0.29) is 0 Å². The molecule has 0 radical (unpaired) electrons. The van der Waals surface area contributed by atoms with E-state index in [1.165, 1.54) is 0 Å². The Kier molecular flexibility index (Phi) is 4.45. The number of rotatable bonds is 3. The standard InChI is InChI=1S/C14H12BrClN2S/c1-8-6-10(3-4-11(8)14(17)19)18-13-7-9(16)2-5-12(13)15/h2-7,18H,1H3,(H2,17,19). The van der Waals surface area contributed by atoms with Crippen LogP contribution in [0.15, 0.2) is 40.9 Å². The SMILES string of the molecule is Cc1cc(Nc2cc(Cl)ccc2Br)ccc1C(N)=S. The molecule has 2 nitrogen and oxygen atoms in total. The van der Waals surface area contributed by atoms with E-state index in [0.717, 1.165) is 27.0 Å². The molecule has 0 amide bonds. The topological polar surface area (TPSA) is 38.0 Å². The van der Waals surface area contributed by atoms with Crippen LogP contribution in [0.2, 0.25) is 5.02 Å². The molecule has 0 fully saturated rings. The molecule has 19 heavy (non-hydrogen) atoms. The van der Waals surface area contributed by atoms with E-state index in [0.29, 0.717) is 10.0 Å². The fraction of sp³-hybridized carbons (Fsp3) is 0.0714. The molecular weight excluding hydrogens is 344 g/mol. The summed E-state index contributed by atoms with van der Waals surface area (Å²) in [6.45, 7) is 1.98. The Labute approximate surface area is 131 Å². The predicted molar refractivity (Wildman–Crippen MR) is 89.5 cm³/mol. The lowest BCUT2D eigenvalue weighted by atomic mass is 10.1. The van der Waals surface area contributed by atoms with Gasteiger partial charge in [-0.3, -0.25) is 0 Å². The average Bonchev–Trinajstić information content (AvgIpc) is 2.33. The molecule has 0 aliphatic heterocycles. The number of benzene rings is 2. The molecule has 0 saturated carbocycles. The zero-order chi connectivity index (χ0) is 14.0. The van der Waals surface area contributed by atoms with Crippen molar-refractivity contribution in [3.8, 4) is 0 Å². The second-order valence-corrected chi connectivity index (χ2v) is 5.87. The summed E-state index contributed by atoms with van der Waals surface area (Å²) in [6, 6.07) is 11.5. The highest BCUT2D eigenvalue weighted by molar-refractivity contribution is 9.10. The molecule has 2 rings (SSSR count). The number of hydrogen-bond acceptors (Lipinski definition) is 2. The Bertz CT molecular complexity index is 643. The van der Waals surface area contributed by atoms with Gasteiger partial charge in [-0.15, -0.1) is 0 Å². The maximum atomic E-state index is 5.99. The van der Waals surface area contributed by atoms with Gasteiger partial charge in [0.25, 0.3) is 0 Å². The van der Waals surface area contributed by atoms with E-state index in [2.05, 4.69) is 21.2 Å². The lowest BCUT2D eigenvalue weighted by molar-refractivity contribution is 1.42. The maximum Gasteiger partial charge on any atom is 0.104 e. The molecular formula is C14H12BrClN2S. The van der Waals surface area contributed by atoms with E-state index >= 15 is 0 Å². The highest BCUT2D eigenvalue weighted by Gasteiger charge is 2.05. The van der Waals surface area contributed by atoms with Crippen LogP contribution in [-0.2, 0) is 0 Å². The van der Waals surface area contributed by atoms with Crippen LogP contribution >= 0.6 is 39.7 Å². The van der Waals surface area contributed by atoms with E-state index in [1.54, 1.807) is 0 Å². The second kappa shape index (κ2) is 5.90. The molecule has 5 heteroatoms. The third kappa shape index (κ3) is 3.47. The zero-order valence-corrected chi connectivity index (χ0v) is 13.4. The summed E-state index contributed by atoms with van der Waals surface area (Å²) >= 11 is 14.5. The third-order valence-electron chi connectivity index (χ3n) is 2.70. The van der Waals surface area contributed by atoms with Gasteiger partial charge in [0, 0.05) is 20.7 Å². The molecule has 0 bridgehead atoms. The smallest absolute Gasteiger partial charge is 0.104 e. The molecule has 3 N–H and O–H groups in total. The van der Waals surface area contributed by atoms with Crippen molar-refractivity contribution < 1.29 is 0 Å². The van der Waals surface area contributed by atoms with Gasteiger partial charge in [-0.2, -0.15) is 0 Å². The van der Waals surface area contributed by atoms with Crippen molar-refractivity contribution >= 4 is 56.1 Å². The summed E-state index contributed by atoms with van der Waals surface area (Å²) in [5.41, 5.74) is 9.45. The fourth-order valence-corrected chi connectivity index (χ4v) is 2.51. The van der Waals surface area contributed by atoms with Crippen LogP contribution in [0.25, 0.3) is 0 Å². The van der Waals surface area contributed by atoms with Crippen molar-refractivity contribution in [2.45, 2.75) is 6.92 Å². The first kappa shape index (κ1) is 14.3. The molecule has 0 saturated heterocycles. The Hall–Kier alpha value is -1.10. The molecule has 2 aromatic carbocycles. The summed E-state index contributed by atoms with van der Waals surface area (Å²) < 4.78 is 0.952. The van der Waals surface area contributed by atoms with Gasteiger partial charge in [-0.25, -0.2) is 0 Å². The molecule has 0 aliphatic rings. The monoisotopic (exact) mass is 354 g/mol. The second-order valence-electron chi connectivity index (χ2n) is 4.14. The van der Waals surface area contributed by atoms with E-state index in [4.69, 9.17) is 29.6 Å². The number of halogens is 2. The van der Waals surface area contributed by atoms with Crippen LogP contribution in [-0.4, -0.2) is 4.99 Å². The van der Waals surface area contributed by atoms with E-state index in [1.807, 2.05) is 43.3 Å². The first-order valence-electron chi connectivity index (χ1n) is 5.60. The van der Waals surface area contributed by atoms with Crippen LogP contribution in [0, 0.1) is 6.92 Å². The van der Waals surface area contributed by atoms with Crippen molar-refractivity contribution in [1.82, 2.24) is 0 Å². The average molecular weight is 356 g/mol. The van der Waals surface area contributed by atoms with Crippen LogP contribution < -0.4 is 11.1 Å². The fourth-order valence-electron chi connectivity index (χ4n) is 1.77. The van der Waals surface area contributed by atoms with Crippen LogP contribution in [0.3, 0.4) is 0 Å². The van der Waals surface area contributed by atoms with Gasteiger partial charge in [0.15, 0.2) is 0 Å². The first-order chi connectivity index (χ1) is 8.97. The minimum atomic E-state index is 0.410. The Morgan fingerprint density at radius 3 is 2.63 bits per heavy atom. The molecule has 0 atom stereocenters. The summed E-state index contributed by atoms with van der Waals surface area (Å²) in [5.74, 6) is 0. The largest absolute Gasteiger partial charge is 0.389 e. The van der Waals surface area contributed by atoms with Gasteiger partial charge in [0.2, 0.25) is 0 Å². The van der Waals surface area contributed by atoms with Gasteiger partial charge >= 0.3 is 0 Å².